The van der Waals surface area contributed by atoms with Gasteiger partial charge in [0.2, 0.25) is 0 Å². The lowest BCUT2D eigenvalue weighted by atomic mass is 10.1. The standard InChI is InChI=1S/C13H16N2OS/c1-9-7-11(10(2)14)3-4-12(9)16-8-13-15-5-6-17-13/h3-7,10H,8,14H2,1-2H3/t10-/m0/s1. The smallest absolute Gasteiger partial charge is 0.140 e. The molecule has 2 rings (SSSR count). The minimum absolute atomic E-state index is 0.0571. The molecule has 0 radical (unpaired) electrons. The average Bonchev–Trinajstić information content (AvgIpc) is 2.80. The summed E-state index contributed by atoms with van der Waals surface area (Å²) in [5.41, 5.74) is 8.07. The quantitative estimate of drug-likeness (QED) is 0.904. The molecular formula is C13H16N2OS. The molecule has 0 spiro atoms. The SMILES string of the molecule is Cc1cc([C@H](C)N)ccc1OCc1nccs1. The monoisotopic (exact) mass is 248 g/mol. The Hall–Kier alpha value is -1.39. The summed E-state index contributed by atoms with van der Waals surface area (Å²) >= 11 is 1.60. The van der Waals surface area contributed by atoms with Crippen LogP contribution in [0.4, 0.5) is 0 Å². The van der Waals surface area contributed by atoms with E-state index in [1.54, 1.807) is 17.5 Å². The Morgan fingerprint density at radius 1 is 1.47 bits per heavy atom. The van der Waals surface area contributed by atoms with Gasteiger partial charge in [-0.1, -0.05) is 12.1 Å². The van der Waals surface area contributed by atoms with Crippen molar-refractivity contribution in [2.45, 2.75) is 26.5 Å². The lowest BCUT2D eigenvalue weighted by Gasteiger charge is -2.11. The summed E-state index contributed by atoms with van der Waals surface area (Å²) in [6.45, 7) is 4.53. The number of nitrogens with two attached hydrogens (primary N) is 1. The van der Waals surface area contributed by atoms with Gasteiger partial charge in [0.25, 0.3) is 0 Å². The van der Waals surface area contributed by atoms with E-state index in [0.29, 0.717) is 6.61 Å². The second-order valence-corrected chi connectivity index (χ2v) is 5.01. The van der Waals surface area contributed by atoms with Crippen LogP contribution in [0.3, 0.4) is 0 Å². The van der Waals surface area contributed by atoms with E-state index in [4.69, 9.17) is 10.5 Å². The molecule has 3 nitrogen and oxygen atoms in total. The maximum absolute atomic E-state index is 5.83. The number of thiazole rings is 1. The number of nitrogens with zero attached hydrogens (tertiary/aromatic N) is 1. The van der Waals surface area contributed by atoms with Crippen molar-refractivity contribution in [3.63, 3.8) is 0 Å². The molecule has 0 aliphatic rings. The molecule has 0 saturated carbocycles. The Bertz CT molecular complexity index is 480. The molecule has 4 heteroatoms. The van der Waals surface area contributed by atoms with E-state index < -0.39 is 0 Å². The Kier molecular flexibility index (Phi) is 3.76. The number of aryl methyl sites for hydroxylation is 1. The van der Waals surface area contributed by atoms with Crippen molar-refractivity contribution < 1.29 is 4.74 Å². The first kappa shape index (κ1) is 12.1. The van der Waals surface area contributed by atoms with Crippen molar-refractivity contribution in [3.05, 3.63) is 45.9 Å². The zero-order valence-electron chi connectivity index (χ0n) is 10.0. The highest BCUT2D eigenvalue weighted by atomic mass is 32.1. The first-order valence-corrected chi connectivity index (χ1v) is 6.42. The van der Waals surface area contributed by atoms with Crippen molar-refractivity contribution >= 4 is 11.3 Å². The fourth-order valence-corrected chi connectivity index (χ4v) is 2.11. The number of aromatic nitrogens is 1. The van der Waals surface area contributed by atoms with Crippen LogP contribution in [0.25, 0.3) is 0 Å². The van der Waals surface area contributed by atoms with Crippen molar-refractivity contribution in [3.8, 4) is 5.75 Å². The zero-order chi connectivity index (χ0) is 12.3. The van der Waals surface area contributed by atoms with Gasteiger partial charge in [-0.15, -0.1) is 11.3 Å². The van der Waals surface area contributed by atoms with Crippen LogP contribution in [-0.2, 0) is 6.61 Å². The molecule has 90 valence electrons. The van der Waals surface area contributed by atoms with Crippen molar-refractivity contribution in [1.29, 1.82) is 0 Å². The number of benzene rings is 1. The number of ether oxygens (including phenoxy) is 1. The van der Waals surface area contributed by atoms with E-state index in [1.807, 2.05) is 31.4 Å². The normalized spacial score (nSPS) is 12.4. The molecule has 1 heterocycles. The highest BCUT2D eigenvalue weighted by Crippen LogP contribution is 2.23. The second-order valence-electron chi connectivity index (χ2n) is 4.03. The largest absolute Gasteiger partial charge is 0.486 e. The molecule has 1 aromatic carbocycles. The summed E-state index contributed by atoms with van der Waals surface area (Å²) in [5.74, 6) is 0.893. The van der Waals surface area contributed by atoms with E-state index in [-0.39, 0.29) is 6.04 Å². The van der Waals surface area contributed by atoms with Gasteiger partial charge in [-0.3, -0.25) is 0 Å². The van der Waals surface area contributed by atoms with Crippen LogP contribution in [0.5, 0.6) is 5.75 Å². The molecule has 0 aliphatic carbocycles. The first-order chi connectivity index (χ1) is 8.16. The summed E-state index contributed by atoms with van der Waals surface area (Å²) in [4.78, 5) is 4.18. The third kappa shape index (κ3) is 3.05. The minimum Gasteiger partial charge on any atom is -0.486 e. The van der Waals surface area contributed by atoms with Crippen LogP contribution in [0.2, 0.25) is 0 Å². The molecule has 17 heavy (non-hydrogen) atoms. The van der Waals surface area contributed by atoms with Gasteiger partial charge in [-0.05, 0) is 31.0 Å². The molecule has 2 aromatic rings. The van der Waals surface area contributed by atoms with Gasteiger partial charge < -0.3 is 10.5 Å². The number of hydrogen-bond donors (Lipinski definition) is 1. The third-order valence-corrected chi connectivity index (χ3v) is 3.31. The van der Waals surface area contributed by atoms with E-state index in [1.165, 1.54) is 0 Å². The van der Waals surface area contributed by atoms with Crippen LogP contribution in [0.1, 0.15) is 29.1 Å². The van der Waals surface area contributed by atoms with E-state index >= 15 is 0 Å². The van der Waals surface area contributed by atoms with E-state index in [0.717, 1.165) is 21.9 Å². The average molecular weight is 248 g/mol. The predicted molar refractivity (Wildman–Crippen MR) is 70.2 cm³/mol. The molecule has 0 unspecified atom stereocenters. The predicted octanol–water partition coefficient (Wildman–Crippen LogP) is 3.05. The van der Waals surface area contributed by atoms with Crippen LogP contribution < -0.4 is 10.5 Å². The molecule has 0 saturated heterocycles. The molecule has 0 amide bonds. The van der Waals surface area contributed by atoms with E-state index in [9.17, 15) is 0 Å². The minimum atomic E-state index is 0.0571. The molecule has 1 aromatic heterocycles. The van der Waals surface area contributed by atoms with Gasteiger partial charge in [-0.2, -0.15) is 0 Å². The summed E-state index contributed by atoms with van der Waals surface area (Å²) < 4.78 is 5.72. The molecular weight excluding hydrogens is 232 g/mol. The van der Waals surface area contributed by atoms with Gasteiger partial charge in [0.15, 0.2) is 0 Å². The maximum atomic E-state index is 5.83. The number of hydrogen-bond acceptors (Lipinski definition) is 4. The molecule has 0 bridgehead atoms. The van der Waals surface area contributed by atoms with Gasteiger partial charge in [-0.25, -0.2) is 4.98 Å². The van der Waals surface area contributed by atoms with Crippen LogP contribution >= 0.6 is 11.3 Å². The Morgan fingerprint density at radius 3 is 2.88 bits per heavy atom. The second kappa shape index (κ2) is 5.29. The van der Waals surface area contributed by atoms with Gasteiger partial charge >= 0.3 is 0 Å². The lowest BCUT2D eigenvalue weighted by Crippen LogP contribution is -2.05. The third-order valence-electron chi connectivity index (χ3n) is 2.56. The molecule has 0 aliphatic heterocycles. The van der Waals surface area contributed by atoms with Crippen molar-refractivity contribution in [2.24, 2.45) is 5.73 Å². The Morgan fingerprint density at radius 2 is 2.29 bits per heavy atom. The Labute approximate surface area is 105 Å². The molecule has 0 fully saturated rings. The summed E-state index contributed by atoms with van der Waals surface area (Å²) in [6.07, 6.45) is 1.79. The Balaban J connectivity index is 2.06. The summed E-state index contributed by atoms with van der Waals surface area (Å²) in [5, 5.41) is 2.94. The summed E-state index contributed by atoms with van der Waals surface area (Å²) in [7, 11) is 0. The fraction of sp³-hybridized carbons (Fsp3) is 0.308. The topological polar surface area (TPSA) is 48.1 Å². The lowest BCUT2D eigenvalue weighted by molar-refractivity contribution is 0.303. The van der Waals surface area contributed by atoms with Crippen molar-refractivity contribution in [1.82, 2.24) is 4.98 Å². The van der Waals surface area contributed by atoms with Crippen LogP contribution in [0, 0.1) is 6.92 Å². The zero-order valence-corrected chi connectivity index (χ0v) is 10.8. The summed E-state index contributed by atoms with van der Waals surface area (Å²) in [6, 6.07) is 6.11. The van der Waals surface area contributed by atoms with Crippen LogP contribution in [-0.4, -0.2) is 4.98 Å². The highest BCUT2D eigenvalue weighted by Gasteiger charge is 2.05. The highest BCUT2D eigenvalue weighted by molar-refractivity contribution is 7.09. The first-order valence-electron chi connectivity index (χ1n) is 5.54. The van der Waals surface area contributed by atoms with Gasteiger partial charge in [0, 0.05) is 17.6 Å². The van der Waals surface area contributed by atoms with Crippen molar-refractivity contribution in [2.75, 3.05) is 0 Å². The van der Waals surface area contributed by atoms with Gasteiger partial charge in [0.05, 0.1) is 0 Å². The van der Waals surface area contributed by atoms with Crippen LogP contribution in [0.15, 0.2) is 29.8 Å². The fourth-order valence-electron chi connectivity index (χ4n) is 1.58. The van der Waals surface area contributed by atoms with E-state index in [2.05, 4.69) is 11.1 Å². The van der Waals surface area contributed by atoms with Gasteiger partial charge in [0.1, 0.15) is 17.4 Å². The molecule has 2 N–H and O–H groups in total. The maximum Gasteiger partial charge on any atom is 0.140 e. The molecule has 1 atom stereocenters. The number of rotatable bonds is 4.